The van der Waals surface area contributed by atoms with Crippen molar-refractivity contribution in [2.45, 2.75) is 239 Å². The van der Waals surface area contributed by atoms with Crippen LogP contribution in [0.25, 0.3) is 0 Å². The highest BCUT2D eigenvalue weighted by molar-refractivity contribution is 5.71. The molecule has 0 radical (unpaired) electrons. The molecule has 354 valence electrons. The number of rotatable bonds is 45. The van der Waals surface area contributed by atoms with Gasteiger partial charge in [0, 0.05) is 19.3 Å². The van der Waals surface area contributed by atoms with Crippen LogP contribution in [0.3, 0.4) is 0 Å². The molecule has 0 fully saturated rings. The lowest BCUT2D eigenvalue weighted by Gasteiger charge is -2.18. The third-order valence-electron chi connectivity index (χ3n) is 10.6. The highest BCUT2D eigenvalue weighted by Gasteiger charge is 2.19. The first kappa shape index (κ1) is 58.6. The second kappa shape index (κ2) is 50.2. The summed E-state index contributed by atoms with van der Waals surface area (Å²) in [6.07, 6.45) is 64.2. The zero-order valence-electron chi connectivity index (χ0n) is 40.4. The van der Waals surface area contributed by atoms with Gasteiger partial charge in [0.05, 0.1) is 0 Å². The maximum absolute atomic E-state index is 12.8. The zero-order valence-corrected chi connectivity index (χ0v) is 40.4. The van der Waals surface area contributed by atoms with Crippen molar-refractivity contribution in [2.24, 2.45) is 0 Å². The molecule has 62 heavy (non-hydrogen) atoms. The van der Waals surface area contributed by atoms with Crippen LogP contribution in [0.4, 0.5) is 0 Å². The Bertz CT molecular complexity index is 1220. The van der Waals surface area contributed by atoms with Gasteiger partial charge in [-0.3, -0.25) is 14.4 Å². The predicted octanol–water partition coefficient (Wildman–Crippen LogP) is 16.8. The number of carbonyl (C=O) groups is 3. The van der Waals surface area contributed by atoms with Crippen LogP contribution >= 0.6 is 0 Å². The molecule has 0 saturated heterocycles. The van der Waals surface area contributed by atoms with E-state index >= 15 is 0 Å². The monoisotopic (exact) mass is 863 g/mol. The number of hydrogen-bond donors (Lipinski definition) is 0. The molecule has 0 saturated carbocycles. The maximum atomic E-state index is 12.8. The number of esters is 3. The van der Waals surface area contributed by atoms with Crippen LogP contribution in [-0.2, 0) is 28.6 Å². The summed E-state index contributed by atoms with van der Waals surface area (Å²) in [6.45, 7) is 6.36. The standard InChI is InChI=1S/C56H94O6/c1-4-7-10-13-16-19-22-25-27-29-31-34-37-40-43-46-49-55(58)61-52-53(51-60-54(57)48-45-42-39-36-33-30-24-21-18-15-12-9-6-3)62-56(59)50-47-44-41-38-35-32-28-26-23-20-17-14-11-8-5-2/h8-9,11-12,17-18,20-21,26-30,33,53H,4-7,10,13-16,19,22-25,31-32,34-52H2,1-3H3/b11-8-,12-9-,20-17-,21-18-,28-26-,29-27-,33-30-. The fourth-order valence-corrected chi connectivity index (χ4v) is 6.82. The van der Waals surface area contributed by atoms with Gasteiger partial charge in [-0.25, -0.2) is 0 Å². The number of unbranched alkanes of at least 4 members (excludes halogenated alkanes) is 20. The van der Waals surface area contributed by atoms with E-state index in [1.165, 1.54) is 64.2 Å². The van der Waals surface area contributed by atoms with E-state index < -0.39 is 6.10 Å². The van der Waals surface area contributed by atoms with Crippen LogP contribution in [-0.4, -0.2) is 37.2 Å². The highest BCUT2D eigenvalue weighted by atomic mass is 16.6. The van der Waals surface area contributed by atoms with Gasteiger partial charge in [0.25, 0.3) is 0 Å². The van der Waals surface area contributed by atoms with E-state index in [1.807, 2.05) is 0 Å². The molecule has 1 unspecified atom stereocenters. The van der Waals surface area contributed by atoms with E-state index in [1.54, 1.807) is 0 Å². The molecule has 0 aromatic carbocycles. The van der Waals surface area contributed by atoms with Crippen molar-refractivity contribution in [3.8, 4) is 0 Å². The maximum Gasteiger partial charge on any atom is 0.306 e. The first-order valence-corrected chi connectivity index (χ1v) is 25.6. The summed E-state index contributed by atoms with van der Waals surface area (Å²) in [6, 6.07) is 0. The van der Waals surface area contributed by atoms with Gasteiger partial charge in [-0.15, -0.1) is 0 Å². The Morgan fingerprint density at radius 1 is 0.339 bits per heavy atom. The number of ether oxygens (including phenoxy) is 3. The van der Waals surface area contributed by atoms with Gasteiger partial charge in [0.2, 0.25) is 0 Å². The van der Waals surface area contributed by atoms with Gasteiger partial charge in [-0.1, -0.05) is 189 Å². The average Bonchev–Trinajstić information content (AvgIpc) is 3.27. The highest BCUT2D eigenvalue weighted by Crippen LogP contribution is 2.13. The fourth-order valence-electron chi connectivity index (χ4n) is 6.82. The smallest absolute Gasteiger partial charge is 0.306 e. The predicted molar refractivity (Wildman–Crippen MR) is 265 cm³/mol. The molecule has 0 spiro atoms. The van der Waals surface area contributed by atoms with E-state index in [9.17, 15) is 14.4 Å². The van der Waals surface area contributed by atoms with E-state index in [2.05, 4.69) is 106 Å². The molecular weight excluding hydrogens is 769 g/mol. The molecule has 0 amide bonds. The lowest BCUT2D eigenvalue weighted by atomic mass is 10.1. The molecule has 0 aliphatic heterocycles. The third kappa shape index (κ3) is 47.6. The van der Waals surface area contributed by atoms with Crippen LogP contribution < -0.4 is 0 Å². The van der Waals surface area contributed by atoms with Crippen molar-refractivity contribution in [3.05, 3.63) is 85.1 Å². The summed E-state index contributed by atoms with van der Waals surface area (Å²) in [5, 5.41) is 0. The Labute approximate surface area is 382 Å². The SMILES string of the molecule is CC/C=C\C/C=C\C/C=C\CCCCCCCC(=O)OC(COC(=O)CCCCC/C=C\C/C=C\C/C=C\CC)COC(=O)CCCCCCC/C=C\CCCCCCCCC. The van der Waals surface area contributed by atoms with Gasteiger partial charge >= 0.3 is 17.9 Å². The fraction of sp³-hybridized carbons (Fsp3) is 0.696. The minimum atomic E-state index is -0.800. The minimum absolute atomic E-state index is 0.0980. The molecule has 0 aromatic heterocycles. The second-order valence-electron chi connectivity index (χ2n) is 16.7. The normalized spacial score (nSPS) is 12.8. The molecule has 0 aromatic rings. The zero-order chi connectivity index (χ0) is 45.1. The Balaban J connectivity index is 4.46. The molecule has 0 heterocycles. The van der Waals surface area contributed by atoms with E-state index in [-0.39, 0.29) is 31.1 Å². The van der Waals surface area contributed by atoms with Gasteiger partial charge in [0.15, 0.2) is 6.10 Å². The van der Waals surface area contributed by atoms with Crippen molar-refractivity contribution in [1.82, 2.24) is 0 Å². The van der Waals surface area contributed by atoms with Crippen LogP contribution in [0.15, 0.2) is 85.1 Å². The van der Waals surface area contributed by atoms with Crippen molar-refractivity contribution in [2.75, 3.05) is 13.2 Å². The van der Waals surface area contributed by atoms with Crippen molar-refractivity contribution in [3.63, 3.8) is 0 Å². The molecule has 6 heteroatoms. The van der Waals surface area contributed by atoms with Crippen LogP contribution in [0.2, 0.25) is 0 Å². The summed E-state index contributed by atoms with van der Waals surface area (Å²) in [4.78, 5) is 38.0. The molecule has 0 rings (SSSR count). The summed E-state index contributed by atoms with van der Waals surface area (Å²) in [7, 11) is 0. The van der Waals surface area contributed by atoms with E-state index in [4.69, 9.17) is 14.2 Å². The molecular formula is C56H94O6. The summed E-state index contributed by atoms with van der Waals surface area (Å²) in [5.74, 6) is -0.955. The minimum Gasteiger partial charge on any atom is -0.462 e. The van der Waals surface area contributed by atoms with Gasteiger partial charge in [0.1, 0.15) is 13.2 Å². The topological polar surface area (TPSA) is 78.9 Å². The first-order valence-electron chi connectivity index (χ1n) is 25.6. The van der Waals surface area contributed by atoms with Crippen molar-refractivity contribution in [1.29, 1.82) is 0 Å². The lowest BCUT2D eigenvalue weighted by Crippen LogP contribution is -2.30. The second-order valence-corrected chi connectivity index (χ2v) is 16.7. The lowest BCUT2D eigenvalue weighted by molar-refractivity contribution is -0.167. The third-order valence-corrected chi connectivity index (χ3v) is 10.6. The van der Waals surface area contributed by atoms with E-state index in [0.717, 1.165) is 128 Å². The Morgan fingerprint density at radius 3 is 1.02 bits per heavy atom. The molecule has 6 nitrogen and oxygen atoms in total. The van der Waals surface area contributed by atoms with Crippen LogP contribution in [0.1, 0.15) is 233 Å². The van der Waals surface area contributed by atoms with Crippen LogP contribution in [0.5, 0.6) is 0 Å². The number of carbonyl (C=O) groups excluding carboxylic acids is 3. The molecule has 0 bridgehead atoms. The van der Waals surface area contributed by atoms with E-state index in [0.29, 0.717) is 19.3 Å². The Kier molecular flexibility index (Phi) is 47.5. The number of allylic oxidation sites excluding steroid dienone is 14. The van der Waals surface area contributed by atoms with Crippen molar-refractivity contribution < 1.29 is 28.6 Å². The average molecular weight is 863 g/mol. The van der Waals surface area contributed by atoms with Gasteiger partial charge in [-0.2, -0.15) is 0 Å². The van der Waals surface area contributed by atoms with Crippen molar-refractivity contribution >= 4 is 17.9 Å². The van der Waals surface area contributed by atoms with Crippen LogP contribution in [0, 0.1) is 0 Å². The molecule has 0 N–H and O–H groups in total. The quantitative estimate of drug-likeness (QED) is 0.0263. The Morgan fingerprint density at radius 2 is 0.629 bits per heavy atom. The first-order chi connectivity index (χ1) is 30.5. The summed E-state index contributed by atoms with van der Waals surface area (Å²) < 4.78 is 16.7. The summed E-state index contributed by atoms with van der Waals surface area (Å²) in [5.41, 5.74) is 0. The summed E-state index contributed by atoms with van der Waals surface area (Å²) >= 11 is 0. The Hall–Kier alpha value is -3.41. The van der Waals surface area contributed by atoms with Gasteiger partial charge < -0.3 is 14.2 Å². The molecule has 0 aliphatic rings. The number of hydrogen-bond acceptors (Lipinski definition) is 6. The molecule has 0 aliphatic carbocycles. The molecule has 1 atom stereocenters. The van der Waals surface area contributed by atoms with Gasteiger partial charge in [-0.05, 0) is 109 Å². The largest absolute Gasteiger partial charge is 0.462 e.